The van der Waals surface area contributed by atoms with Crippen molar-refractivity contribution >= 4 is 11.7 Å². The van der Waals surface area contributed by atoms with Gasteiger partial charge in [0.05, 0.1) is 6.54 Å². The van der Waals surface area contributed by atoms with Crippen molar-refractivity contribution in [1.29, 1.82) is 0 Å². The summed E-state index contributed by atoms with van der Waals surface area (Å²) in [5, 5.41) is 0. The van der Waals surface area contributed by atoms with Crippen molar-refractivity contribution in [2.24, 2.45) is 0 Å². The van der Waals surface area contributed by atoms with E-state index in [0.717, 1.165) is 32.7 Å². The molecule has 2 rings (SSSR count). The summed E-state index contributed by atoms with van der Waals surface area (Å²) >= 11 is 0. The minimum Gasteiger partial charge on any atom is -0.341 e. The summed E-state index contributed by atoms with van der Waals surface area (Å²) in [6.45, 7) is 9.09. The molecule has 102 valence electrons. The molecule has 0 unspecified atom stereocenters. The highest BCUT2D eigenvalue weighted by molar-refractivity contribution is 5.84. The Morgan fingerprint density at radius 1 is 1.00 bits per heavy atom. The fourth-order valence-corrected chi connectivity index (χ4v) is 2.56. The van der Waals surface area contributed by atoms with Crippen LogP contribution in [0.5, 0.6) is 0 Å². The molecule has 5 heteroatoms. The molecule has 0 aliphatic carbocycles. The maximum absolute atomic E-state index is 12.1. The summed E-state index contributed by atoms with van der Waals surface area (Å²) < 4.78 is 0. The molecule has 2 fully saturated rings. The van der Waals surface area contributed by atoms with Gasteiger partial charge in [0.25, 0.3) is 0 Å². The molecule has 0 aromatic carbocycles. The van der Waals surface area contributed by atoms with Gasteiger partial charge in [0.2, 0.25) is 5.91 Å². The van der Waals surface area contributed by atoms with Crippen LogP contribution in [0, 0.1) is 0 Å². The summed E-state index contributed by atoms with van der Waals surface area (Å²) in [6.07, 6.45) is 1.07. The number of piperidine rings is 1. The highest BCUT2D eigenvalue weighted by Crippen LogP contribution is 2.08. The van der Waals surface area contributed by atoms with Gasteiger partial charge in [0.15, 0.2) is 0 Å². The van der Waals surface area contributed by atoms with Crippen molar-refractivity contribution in [3.05, 3.63) is 0 Å². The highest BCUT2D eigenvalue weighted by Gasteiger charge is 2.24. The number of ketones is 1. The van der Waals surface area contributed by atoms with Gasteiger partial charge in [-0.1, -0.05) is 6.92 Å². The lowest BCUT2D eigenvalue weighted by Crippen LogP contribution is -2.50. The summed E-state index contributed by atoms with van der Waals surface area (Å²) in [5.41, 5.74) is 0. The molecule has 0 aromatic heterocycles. The summed E-state index contributed by atoms with van der Waals surface area (Å²) in [7, 11) is 0. The standard InChI is InChI=1S/C13H23N3O2/c1-2-14-7-9-15(10-8-14)11-13(18)16-5-3-12(17)4-6-16/h2-11H2,1H3. The first-order valence-corrected chi connectivity index (χ1v) is 6.93. The lowest BCUT2D eigenvalue weighted by Gasteiger charge is -2.35. The third-order valence-electron chi connectivity index (χ3n) is 3.94. The second kappa shape index (κ2) is 6.29. The van der Waals surface area contributed by atoms with Crippen LogP contribution in [0.2, 0.25) is 0 Å². The average molecular weight is 253 g/mol. The van der Waals surface area contributed by atoms with Gasteiger partial charge in [-0.2, -0.15) is 0 Å². The van der Waals surface area contributed by atoms with Gasteiger partial charge in [-0.15, -0.1) is 0 Å². The zero-order valence-electron chi connectivity index (χ0n) is 11.2. The molecule has 0 spiro atoms. The topological polar surface area (TPSA) is 43.9 Å². The van der Waals surface area contributed by atoms with Crippen LogP contribution in [0.4, 0.5) is 0 Å². The Hall–Kier alpha value is -0.940. The van der Waals surface area contributed by atoms with Gasteiger partial charge in [-0.25, -0.2) is 0 Å². The number of Topliss-reactive ketones (excluding diaryl/α,β-unsaturated/α-hetero) is 1. The smallest absolute Gasteiger partial charge is 0.236 e. The van der Waals surface area contributed by atoms with E-state index >= 15 is 0 Å². The van der Waals surface area contributed by atoms with Crippen LogP contribution in [0.3, 0.4) is 0 Å². The lowest BCUT2D eigenvalue weighted by atomic mass is 10.1. The van der Waals surface area contributed by atoms with Gasteiger partial charge in [0, 0.05) is 52.1 Å². The van der Waals surface area contributed by atoms with E-state index in [2.05, 4.69) is 16.7 Å². The highest BCUT2D eigenvalue weighted by atomic mass is 16.2. The molecule has 0 bridgehead atoms. The first-order valence-electron chi connectivity index (χ1n) is 6.93. The quantitative estimate of drug-likeness (QED) is 0.699. The monoisotopic (exact) mass is 253 g/mol. The fraction of sp³-hybridized carbons (Fsp3) is 0.846. The van der Waals surface area contributed by atoms with Crippen molar-refractivity contribution in [2.45, 2.75) is 19.8 Å². The fourth-order valence-electron chi connectivity index (χ4n) is 2.56. The summed E-state index contributed by atoms with van der Waals surface area (Å²) in [4.78, 5) is 29.7. The van der Waals surface area contributed by atoms with E-state index in [1.807, 2.05) is 4.90 Å². The minimum absolute atomic E-state index is 0.187. The SMILES string of the molecule is CCN1CCN(CC(=O)N2CCC(=O)CC2)CC1. The van der Waals surface area contributed by atoms with Crippen LogP contribution in [0.25, 0.3) is 0 Å². The predicted octanol–water partition coefficient (Wildman–Crippen LogP) is -0.185. The summed E-state index contributed by atoms with van der Waals surface area (Å²) in [5.74, 6) is 0.475. The number of rotatable bonds is 3. The normalized spacial score (nSPS) is 23.4. The number of amides is 1. The van der Waals surface area contributed by atoms with Gasteiger partial charge in [-0.3, -0.25) is 14.5 Å². The van der Waals surface area contributed by atoms with Crippen molar-refractivity contribution in [3.8, 4) is 0 Å². The molecule has 0 saturated carbocycles. The van der Waals surface area contributed by atoms with Gasteiger partial charge < -0.3 is 9.80 Å². The molecule has 0 atom stereocenters. The Morgan fingerprint density at radius 2 is 1.56 bits per heavy atom. The Labute approximate surface area is 109 Å². The molecule has 0 radical (unpaired) electrons. The first-order chi connectivity index (χ1) is 8.69. The maximum atomic E-state index is 12.1. The van der Waals surface area contributed by atoms with E-state index in [-0.39, 0.29) is 11.7 Å². The number of carbonyl (C=O) groups is 2. The number of piperazine rings is 1. The number of likely N-dealkylation sites (tertiary alicyclic amines) is 1. The van der Waals surface area contributed by atoms with Crippen LogP contribution in [-0.2, 0) is 9.59 Å². The minimum atomic E-state index is 0.187. The van der Waals surface area contributed by atoms with Gasteiger partial charge in [0.1, 0.15) is 5.78 Å². The van der Waals surface area contributed by atoms with Crippen molar-refractivity contribution in [3.63, 3.8) is 0 Å². The van der Waals surface area contributed by atoms with Crippen molar-refractivity contribution in [2.75, 3.05) is 52.4 Å². The average Bonchev–Trinajstić information content (AvgIpc) is 2.40. The van der Waals surface area contributed by atoms with E-state index in [1.54, 1.807) is 0 Å². The Bertz CT molecular complexity index is 301. The summed E-state index contributed by atoms with van der Waals surface area (Å²) in [6, 6.07) is 0. The van der Waals surface area contributed by atoms with Crippen LogP contribution >= 0.6 is 0 Å². The Balaban J connectivity index is 1.73. The number of hydrogen-bond acceptors (Lipinski definition) is 4. The number of carbonyl (C=O) groups excluding carboxylic acids is 2. The second-order valence-electron chi connectivity index (χ2n) is 5.13. The zero-order valence-corrected chi connectivity index (χ0v) is 11.2. The predicted molar refractivity (Wildman–Crippen MR) is 69.4 cm³/mol. The van der Waals surface area contributed by atoms with Crippen LogP contribution in [0.15, 0.2) is 0 Å². The molecule has 2 aliphatic heterocycles. The molecule has 1 amide bonds. The second-order valence-corrected chi connectivity index (χ2v) is 5.13. The third kappa shape index (κ3) is 3.53. The van der Waals surface area contributed by atoms with E-state index in [0.29, 0.717) is 32.5 Å². The maximum Gasteiger partial charge on any atom is 0.236 e. The van der Waals surface area contributed by atoms with E-state index in [1.165, 1.54) is 0 Å². The Morgan fingerprint density at radius 3 is 2.11 bits per heavy atom. The van der Waals surface area contributed by atoms with E-state index in [9.17, 15) is 9.59 Å². The molecule has 0 aromatic rings. The molecule has 2 aliphatic rings. The molecule has 0 N–H and O–H groups in total. The number of likely N-dealkylation sites (N-methyl/N-ethyl adjacent to an activating group) is 1. The molecule has 2 saturated heterocycles. The van der Waals surface area contributed by atoms with Crippen molar-refractivity contribution < 1.29 is 9.59 Å². The lowest BCUT2D eigenvalue weighted by molar-refractivity contribution is -0.135. The van der Waals surface area contributed by atoms with E-state index < -0.39 is 0 Å². The van der Waals surface area contributed by atoms with Gasteiger partial charge >= 0.3 is 0 Å². The molecular weight excluding hydrogens is 230 g/mol. The van der Waals surface area contributed by atoms with Crippen LogP contribution in [-0.4, -0.2) is 78.7 Å². The number of nitrogens with zero attached hydrogens (tertiary/aromatic N) is 3. The Kier molecular flexibility index (Phi) is 4.72. The molecule has 2 heterocycles. The zero-order chi connectivity index (χ0) is 13.0. The molecule has 18 heavy (non-hydrogen) atoms. The van der Waals surface area contributed by atoms with Crippen LogP contribution in [0.1, 0.15) is 19.8 Å². The van der Waals surface area contributed by atoms with E-state index in [4.69, 9.17) is 0 Å². The van der Waals surface area contributed by atoms with Crippen LogP contribution < -0.4 is 0 Å². The number of hydrogen-bond donors (Lipinski definition) is 0. The first kappa shape index (κ1) is 13.5. The molecular formula is C13H23N3O2. The van der Waals surface area contributed by atoms with Gasteiger partial charge in [-0.05, 0) is 6.54 Å². The third-order valence-corrected chi connectivity index (χ3v) is 3.94. The van der Waals surface area contributed by atoms with Crippen molar-refractivity contribution in [1.82, 2.24) is 14.7 Å². The largest absolute Gasteiger partial charge is 0.341 e. The molecule has 5 nitrogen and oxygen atoms in total.